The number of benzene rings is 3. The molecule has 200 valence electrons. The molecule has 0 unspecified atom stereocenters. The van der Waals surface area contributed by atoms with Crippen LogP contribution >= 0.6 is 0 Å². The van der Waals surface area contributed by atoms with Crippen molar-refractivity contribution < 1.29 is 23.4 Å². The number of nitrogens with zero attached hydrogens (tertiary/aromatic N) is 3. The van der Waals surface area contributed by atoms with Crippen molar-refractivity contribution in [3.8, 4) is 17.2 Å². The summed E-state index contributed by atoms with van der Waals surface area (Å²) in [4.78, 5) is 17.9. The van der Waals surface area contributed by atoms with Gasteiger partial charge in [-0.2, -0.15) is 10.1 Å². The zero-order valence-electron chi connectivity index (χ0n) is 21.8. The highest BCUT2D eigenvalue weighted by Gasteiger charge is 2.34. The molecule has 0 radical (unpaired) electrons. The van der Waals surface area contributed by atoms with Gasteiger partial charge in [0.15, 0.2) is 11.5 Å². The summed E-state index contributed by atoms with van der Waals surface area (Å²) in [5, 5.41) is 10.5. The first-order chi connectivity index (χ1) is 19.0. The molecule has 0 saturated carbocycles. The van der Waals surface area contributed by atoms with Crippen molar-refractivity contribution in [1.82, 2.24) is 14.8 Å². The van der Waals surface area contributed by atoms with Crippen LogP contribution in [0.2, 0.25) is 0 Å². The lowest BCUT2D eigenvalue weighted by Gasteiger charge is -2.29. The van der Waals surface area contributed by atoms with Gasteiger partial charge in [-0.15, -0.1) is 0 Å². The molecule has 0 saturated heterocycles. The molecule has 0 fully saturated rings. The van der Waals surface area contributed by atoms with Crippen molar-refractivity contribution in [2.75, 3.05) is 24.4 Å². The molecule has 3 aromatic carbocycles. The second-order valence-electron chi connectivity index (χ2n) is 8.83. The monoisotopic (exact) mass is 529 g/mol. The second kappa shape index (κ2) is 11.3. The molecule has 1 aliphatic heterocycles. The van der Waals surface area contributed by atoms with Crippen molar-refractivity contribution in [1.29, 1.82) is 0 Å². The number of methoxy groups -OCH3 is 1. The molecule has 0 bridgehead atoms. The SMILES string of the molecule is CCOc1cc([C@@H]2C(C(=O)Nc3ccc(OC)cc3)=C(C)Nc3ncnn32)ccc1OCc1ccc(F)cc1. The third-order valence-corrected chi connectivity index (χ3v) is 6.28. The number of hydrogen-bond donors (Lipinski definition) is 2. The van der Waals surface area contributed by atoms with Gasteiger partial charge in [-0.1, -0.05) is 18.2 Å². The Morgan fingerprint density at radius 2 is 1.82 bits per heavy atom. The number of fused-ring (bicyclic) bond motifs is 1. The number of allylic oxidation sites excluding steroid dienone is 1. The van der Waals surface area contributed by atoms with Crippen molar-refractivity contribution in [2.45, 2.75) is 26.5 Å². The summed E-state index contributed by atoms with van der Waals surface area (Å²) in [6, 6.07) is 18.2. The molecule has 9 nitrogen and oxygen atoms in total. The minimum absolute atomic E-state index is 0.245. The fraction of sp³-hybridized carbons (Fsp3) is 0.207. The maximum atomic E-state index is 13.6. The molecule has 1 atom stereocenters. The number of ether oxygens (including phenoxy) is 3. The Morgan fingerprint density at radius 3 is 2.54 bits per heavy atom. The molecule has 1 aliphatic rings. The fourth-order valence-electron chi connectivity index (χ4n) is 4.39. The number of hydrogen-bond acceptors (Lipinski definition) is 7. The largest absolute Gasteiger partial charge is 0.497 e. The predicted molar refractivity (Wildman–Crippen MR) is 144 cm³/mol. The van der Waals surface area contributed by atoms with Crippen LogP contribution in [0.15, 0.2) is 84.3 Å². The van der Waals surface area contributed by atoms with E-state index in [1.165, 1.54) is 18.5 Å². The lowest BCUT2D eigenvalue weighted by molar-refractivity contribution is -0.113. The van der Waals surface area contributed by atoms with E-state index in [1.54, 1.807) is 54.3 Å². The van der Waals surface area contributed by atoms with Crippen LogP contribution in [0.4, 0.5) is 16.0 Å². The van der Waals surface area contributed by atoms with Gasteiger partial charge in [0, 0.05) is 11.4 Å². The minimum Gasteiger partial charge on any atom is -0.497 e. The molecular weight excluding hydrogens is 501 g/mol. The smallest absolute Gasteiger partial charge is 0.255 e. The van der Waals surface area contributed by atoms with Crippen LogP contribution in [-0.2, 0) is 11.4 Å². The van der Waals surface area contributed by atoms with Crippen LogP contribution in [0.5, 0.6) is 17.2 Å². The highest BCUT2D eigenvalue weighted by Crippen LogP contribution is 2.39. The Hall–Kier alpha value is -4.86. The average Bonchev–Trinajstić information content (AvgIpc) is 3.41. The lowest BCUT2D eigenvalue weighted by Crippen LogP contribution is -2.31. The molecule has 4 aromatic rings. The van der Waals surface area contributed by atoms with Crippen molar-refractivity contribution >= 4 is 17.5 Å². The number of rotatable bonds is 9. The first kappa shape index (κ1) is 25.8. The molecule has 0 aliphatic carbocycles. The van der Waals surface area contributed by atoms with E-state index in [2.05, 4.69) is 20.7 Å². The number of amides is 1. The molecule has 10 heteroatoms. The van der Waals surface area contributed by atoms with E-state index in [9.17, 15) is 9.18 Å². The lowest BCUT2D eigenvalue weighted by atomic mass is 9.94. The van der Waals surface area contributed by atoms with Gasteiger partial charge in [-0.25, -0.2) is 9.07 Å². The van der Waals surface area contributed by atoms with Gasteiger partial charge >= 0.3 is 0 Å². The molecular formula is C29H28FN5O4. The number of aromatic nitrogens is 3. The normalized spacial score (nSPS) is 14.3. The summed E-state index contributed by atoms with van der Waals surface area (Å²) in [6.45, 7) is 4.37. The third kappa shape index (κ3) is 5.54. The number of carbonyl (C=O) groups is 1. The molecule has 0 spiro atoms. The third-order valence-electron chi connectivity index (χ3n) is 6.28. The molecule has 39 heavy (non-hydrogen) atoms. The Kier molecular flexibility index (Phi) is 7.44. The van der Waals surface area contributed by atoms with Crippen LogP contribution in [0.25, 0.3) is 0 Å². The fourth-order valence-corrected chi connectivity index (χ4v) is 4.39. The summed E-state index contributed by atoms with van der Waals surface area (Å²) < 4.78 is 32.1. The van der Waals surface area contributed by atoms with Crippen molar-refractivity contribution in [3.63, 3.8) is 0 Å². The van der Waals surface area contributed by atoms with Crippen LogP contribution in [0.3, 0.4) is 0 Å². The zero-order chi connectivity index (χ0) is 27.4. The predicted octanol–water partition coefficient (Wildman–Crippen LogP) is 5.33. The second-order valence-corrected chi connectivity index (χ2v) is 8.83. The van der Waals surface area contributed by atoms with Gasteiger partial charge in [0.05, 0.1) is 19.3 Å². The van der Waals surface area contributed by atoms with E-state index in [4.69, 9.17) is 14.2 Å². The van der Waals surface area contributed by atoms with Gasteiger partial charge in [-0.05, 0) is 73.5 Å². The first-order valence-corrected chi connectivity index (χ1v) is 12.4. The van der Waals surface area contributed by atoms with Crippen LogP contribution < -0.4 is 24.8 Å². The van der Waals surface area contributed by atoms with E-state index in [0.29, 0.717) is 46.8 Å². The zero-order valence-corrected chi connectivity index (χ0v) is 21.8. The minimum atomic E-state index is -0.577. The summed E-state index contributed by atoms with van der Waals surface area (Å²) in [5.41, 5.74) is 3.35. The highest BCUT2D eigenvalue weighted by molar-refractivity contribution is 6.06. The summed E-state index contributed by atoms with van der Waals surface area (Å²) in [5.74, 6) is 1.67. The van der Waals surface area contributed by atoms with Crippen LogP contribution in [0.1, 0.15) is 31.0 Å². The van der Waals surface area contributed by atoms with Gasteiger partial charge in [0.1, 0.15) is 30.5 Å². The first-order valence-electron chi connectivity index (χ1n) is 12.4. The van der Waals surface area contributed by atoms with Gasteiger partial charge in [0.2, 0.25) is 5.95 Å². The van der Waals surface area contributed by atoms with Gasteiger partial charge in [0.25, 0.3) is 5.91 Å². The van der Waals surface area contributed by atoms with Crippen molar-refractivity contribution in [2.24, 2.45) is 0 Å². The van der Waals surface area contributed by atoms with Crippen LogP contribution in [-0.4, -0.2) is 34.4 Å². The van der Waals surface area contributed by atoms with Gasteiger partial charge in [-0.3, -0.25) is 4.79 Å². The Bertz CT molecular complexity index is 1500. The van der Waals surface area contributed by atoms with Gasteiger partial charge < -0.3 is 24.8 Å². The number of halogens is 1. The Morgan fingerprint density at radius 1 is 1.05 bits per heavy atom. The Labute approximate surface area is 225 Å². The standard InChI is InChI=1S/C29H28FN5O4/c1-4-38-25-15-20(7-14-24(25)39-16-19-5-8-21(30)9-6-19)27-26(18(2)33-29-31-17-32-35(27)29)28(36)34-22-10-12-23(37-3)13-11-22/h5-15,17,27H,4,16H2,1-3H3,(H,34,36)(H,31,32,33)/t27-/m1/s1. The molecule has 5 rings (SSSR count). The maximum Gasteiger partial charge on any atom is 0.255 e. The summed E-state index contributed by atoms with van der Waals surface area (Å²) in [6.07, 6.45) is 1.44. The maximum absolute atomic E-state index is 13.6. The van der Waals surface area contributed by atoms with E-state index >= 15 is 0 Å². The highest BCUT2D eigenvalue weighted by atomic mass is 19.1. The van der Waals surface area contributed by atoms with E-state index in [-0.39, 0.29) is 18.3 Å². The average molecular weight is 530 g/mol. The summed E-state index contributed by atoms with van der Waals surface area (Å²) in [7, 11) is 1.59. The van der Waals surface area contributed by atoms with Crippen LogP contribution in [0, 0.1) is 5.82 Å². The Balaban J connectivity index is 1.46. The topological polar surface area (TPSA) is 99.5 Å². The quantitative estimate of drug-likeness (QED) is 0.302. The van der Waals surface area contributed by atoms with Crippen molar-refractivity contribution in [3.05, 3.63) is 101 Å². The molecule has 2 N–H and O–H groups in total. The number of anilines is 2. The molecule has 1 amide bonds. The van der Waals surface area contributed by atoms with E-state index in [0.717, 1.165) is 11.1 Å². The van der Waals surface area contributed by atoms with E-state index < -0.39 is 6.04 Å². The van der Waals surface area contributed by atoms with E-state index in [1.807, 2.05) is 26.0 Å². The molecule has 2 heterocycles. The number of carbonyl (C=O) groups excluding carboxylic acids is 1. The molecule has 1 aromatic heterocycles. The summed E-state index contributed by atoms with van der Waals surface area (Å²) >= 11 is 0. The number of nitrogens with one attached hydrogen (secondary N) is 2.